The van der Waals surface area contributed by atoms with Gasteiger partial charge < -0.3 is 20.0 Å². The van der Waals surface area contributed by atoms with Crippen molar-refractivity contribution in [1.29, 1.82) is 0 Å². The van der Waals surface area contributed by atoms with Crippen LogP contribution in [-0.4, -0.2) is 67.3 Å². The van der Waals surface area contributed by atoms with Gasteiger partial charge in [0.25, 0.3) is 0 Å². The summed E-state index contributed by atoms with van der Waals surface area (Å²) < 4.78 is 0. The Hall–Kier alpha value is -3.78. The van der Waals surface area contributed by atoms with Gasteiger partial charge in [0, 0.05) is 59.4 Å². The van der Waals surface area contributed by atoms with Crippen LogP contribution in [0.25, 0.3) is 22.4 Å². The smallest absolute Gasteiger partial charge is 0.229 e. The second-order valence-corrected chi connectivity index (χ2v) is 8.75. The second kappa shape index (κ2) is 9.61. The van der Waals surface area contributed by atoms with Crippen LogP contribution in [0.15, 0.2) is 60.7 Å². The minimum Gasteiger partial charge on any atom is -0.361 e. The molecule has 8 nitrogen and oxygen atoms in total. The predicted molar refractivity (Wildman–Crippen MR) is 139 cm³/mol. The Bertz CT molecular complexity index is 1250. The van der Waals surface area contributed by atoms with Gasteiger partial charge >= 0.3 is 0 Å². The molecule has 0 bridgehead atoms. The standard InChI is InChI=1S/C26H30N8/c1-32(2)24-21(20-12-8-5-9-13-20)28-22-23(29-24)30-26(34-16-14-27-15-17-34)31-25(22)33(3)18-19-10-6-4-7-11-19/h4-13,27H,14-18H2,1-3H3. The summed E-state index contributed by atoms with van der Waals surface area (Å²) in [7, 11) is 6.03. The van der Waals surface area contributed by atoms with Gasteiger partial charge in [0.1, 0.15) is 5.69 Å². The van der Waals surface area contributed by atoms with Gasteiger partial charge in [-0.3, -0.25) is 0 Å². The third-order valence-corrected chi connectivity index (χ3v) is 5.98. The molecule has 0 atom stereocenters. The molecule has 0 aliphatic carbocycles. The number of hydrogen-bond acceptors (Lipinski definition) is 8. The average molecular weight is 455 g/mol. The maximum absolute atomic E-state index is 5.11. The molecule has 1 N–H and O–H groups in total. The van der Waals surface area contributed by atoms with E-state index in [1.54, 1.807) is 0 Å². The maximum Gasteiger partial charge on any atom is 0.229 e. The molecule has 3 heterocycles. The molecule has 5 rings (SSSR count). The monoisotopic (exact) mass is 454 g/mol. The molecule has 8 heteroatoms. The van der Waals surface area contributed by atoms with Crippen LogP contribution < -0.4 is 20.0 Å². The third kappa shape index (κ3) is 4.49. The normalized spacial score (nSPS) is 13.8. The van der Waals surface area contributed by atoms with Crippen molar-refractivity contribution in [1.82, 2.24) is 25.3 Å². The zero-order chi connectivity index (χ0) is 23.5. The van der Waals surface area contributed by atoms with Crippen molar-refractivity contribution in [2.75, 3.05) is 62.0 Å². The lowest BCUT2D eigenvalue weighted by Gasteiger charge is -2.29. The van der Waals surface area contributed by atoms with Crippen molar-refractivity contribution < 1.29 is 0 Å². The highest BCUT2D eigenvalue weighted by molar-refractivity contribution is 5.89. The first-order chi connectivity index (χ1) is 16.6. The summed E-state index contributed by atoms with van der Waals surface area (Å²) in [4.78, 5) is 26.4. The molecule has 0 amide bonds. The van der Waals surface area contributed by atoms with Gasteiger partial charge in [-0.05, 0) is 5.56 Å². The highest BCUT2D eigenvalue weighted by Crippen LogP contribution is 2.32. The Morgan fingerprint density at radius 3 is 2.15 bits per heavy atom. The molecule has 174 valence electrons. The van der Waals surface area contributed by atoms with Gasteiger partial charge in [-0.2, -0.15) is 9.97 Å². The molecule has 2 aromatic carbocycles. The minimum absolute atomic E-state index is 0.613. The number of fused-ring (bicyclic) bond motifs is 1. The van der Waals surface area contributed by atoms with E-state index in [1.807, 2.05) is 43.3 Å². The van der Waals surface area contributed by atoms with Gasteiger partial charge in [-0.15, -0.1) is 0 Å². The van der Waals surface area contributed by atoms with Gasteiger partial charge in [-0.25, -0.2) is 9.97 Å². The quantitative estimate of drug-likeness (QED) is 0.476. The summed E-state index contributed by atoms with van der Waals surface area (Å²) in [5.74, 6) is 2.29. The molecular weight excluding hydrogens is 424 g/mol. The maximum atomic E-state index is 5.11. The fraction of sp³-hybridized carbons (Fsp3) is 0.308. The van der Waals surface area contributed by atoms with Crippen LogP contribution in [0.1, 0.15) is 5.56 Å². The molecule has 2 aromatic heterocycles. The van der Waals surface area contributed by atoms with E-state index >= 15 is 0 Å². The Morgan fingerprint density at radius 2 is 1.47 bits per heavy atom. The number of nitrogens with one attached hydrogen (secondary N) is 1. The van der Waals surface area contributed by atoms with Crippen LogP contribution in [0, 0.1) is 0 Å². The van der Waals surface area contributed by atoms with Gasteiger partial charge in [0.05, 0.1) is 0 Å². The van der Waals surface area contributed by atoms with Crippen LogP contribution in [-0.2, 0) is 6.54 Å². The van der Waals surface area contributed by atoms with Crippen LogP contribution in [0.2, 0.25) is 0 Å². The molecule has 4 aromatic rings. The predicted octanol–water partition coefficient (Wildman–Crippen LogP) is 3.20. The zero-order valence-electron chi connectivity index (χ0n) is 19.9. The summed E-state index contributed by atoms with van der Waals surface area (Å²) in [6.45, 7) is 4.27. The van der Waals surface area contributed by atoms with E-state index in [4.69, 9.17) is 19.9 Å². The molecule has 0 spiro atoms. The summed E-state index contributed by atoms with van der Waals surface area (Å²) in [6, 6.07) is 20.6. The topological polar surface area (TPSA) is 73.3 Å². The van der Waals surface area contributed by atoms with Crippen LogP contribution in [0.3, 0.4) is 0 Å². The van der Waals surface area contributed by atoms with E-state index in [0.717, 1.165) is 49.1 Å². The van der Waals surface area contributed by atoms with Crippen molar-refractivity contribution in [3.05, 3.63) is 66.2 Å². The van der Waals surface area contributed by atoms with E-state index < -0.39 is 0 Å². The number of benzene rings is 2. The van der Waals surface area contributed by atoms with E-state index in [0.29, 0.717) is 23.7 Å². The Balaban J connectivity index is 1.68. The van der Waals surface area contributed by atoms with Crippen molar-refractivity contribution in [2.24, 2.45) is 0 Å². The summed E-state index contributed by atoms with van der Waals surface area (Å²) in [6.07, 6.45) is 0. The summed E-state index contributed by atoms with van der Waals surface area (Å²) in [5, 5.41) is 3.40. The molecule has 0 radical (unpaired) electrons. The van der Waals surface area contributed by atoms with E-state index in [-0.39, 0.29) is 0 Å². The largest absolute Gasteiger partial charge is 0.361 e. The van der Waals surface area contributed by atoms with E-state index in [2.05, 4.69) is 58.6 Å². The third-order valence-electron chi connectivity index (χ3n) is 5.98. The number of anilines is 3. The van der Waals surface area contributed by atoms with E-state index in [1.165, 1.54) is 5.56 Å². The zero-order valence-corrected chi connectivity index (χ0v) is 19.9. The molecular formula is C26H30N8. The molecule has 0 saturated carbocycles. The fourth-order valence-corrected chi connectivity index (χ4v) is 4.22. The number of piperazine rings is 1. The van der Waals surface area contributed by atoms with Crippen molar-refractivity contribution in [3.8, 4) is 11.3 Å². The molecule has 1 aliphatic rings. The lowest BCUT2D eigenvalue weighted by atomic mass is 10.1. The van der Waals surface area contributed by atoms with Crippen molar-refractivity contribution in [3.63, 3.8) is 0 Å². The lowest BCUT2D eigenvalue weighted by Crippen LogP contribution is -2.44. The molecule has 1 fully saturated rings. The molecule has 1 aliphatic heterocycles. The minimum atomic E-state index is 0.613. The summed E-state index contributed by atoms with van der Waals surface area (Å²) in [5.41, 5.74) is 4.37. The Morgan fingerprint density at radius 1 is 0.794 bits per heavy atom. The highest BCUT2D eigenvalue weighted by atomic mass is 15.3. The Labute approximate surface area is 200 Å². The molecule has 1 saturated heterocycles. The lowest BCUT2D eigenvalue weighted by molar-refractivity contribution is 0.580. The number of rotatable bonds is 6. The number of nitrogens with zero attached hydrogens (tertiary/aromatic N) is 7. The number of hydrogen-bond donors (Lipinski definition) is 1. The van der Waals surface area contributed by atoms with Crippen molar-refractivity contribution >= 4 is 28.7 Å². The first-order valence-corrected chi connectivity index (χ1v) is 11.6. The Kier molecular flexibility index (Phi) is 6.22. The van der Waals surface area contributed by atoms with Crippen LogP contribution in [0.4, 0.5) is 17.6 Å². The van der Waals surface area contributed by atoms with Gasteiger partial charge in [-0.1, -0.05) is 60.7 Å². The first kappa shape index (κ1) is 22.0. The van der Waals surface area contributed by atoms with Crippen LogP contribution in [0.5, 0.6) is 0 Å². The average Bonchev–Trinajstić information content (AvgIpc) is 2.88. The van der Waals surface area contributed by atoms with Gasteiger partial charge in [0.2, 0.25) is 5.95 Å². The fourth-order valence-electron chi connectivity index (χ4n) is 4.22. The molecule has 0 unspecified atom stereocenters. The van der Waals surface area contributed by atoms with Crippen LogP contribution >= 0.6 is 0 Å². The highest BCUT2D eigenvalue weighted by Gasteiger charge is 2.22. The summed E-state index contributed by atoms with van der Waals surface area (Å²) >= 11 is 0. The van der Waals surface area contributed by atoms with Crippen molar-refractivity contribution in [2.45, 2.75) is 6.54 Å². The first-order valence-electron chi connectivity index (χ1n) is 11.6. The molecule has 34 heavy (non-hydrogen) atoms. The second-order valence-electron chi connectivity index (χ2n) is 8.75. The van der Waals surface area contributed by atoms with E-state index in [9.17, 15) is 0 Å². The number of aromatic nitrogens is 4. The SMILES string of the molecule is CN(C)c1nc2nc(N3CCNCC3)nc(N(C)Cc3ccccc3)c2nc1-c1ccccc1. The van der Waals surface area contributed by atoms with Gasteiger partial charge in [0.15, 0.2) is 22.8 Å².